The van der Waals surface area contributed by atoms with Crippen molar-refractivity contribution in [1.82, 2.24) is 25.0 Å². The van der Waals surface area contributed by atoms with Crippen molar-refractivity contribution in [3.63, 3.8) is 0 Å². The fraction of sp³-hybridized carbons (Fsp3) is 0.846. The normalized spacial score (nSPS) is 32.2. The highest BCUT2D eigenvalue weighted by Gasteiger charge is 2.37. The summed E-state index contributed by atoms with van der Waals surface area (Å²) in [5.74, 6) is 1.07. The molecule has 0 bridgehead atoms. The van der Waals surface area contributed by atoms with E-state index in [1.54, 1.807) is 0 Å². The van der Waals surface area contributed by atoms with Gasteiger partial charge in [0.1, 0.15) is 12.2 Å². The summed E-state index contributed by atoms with van der Waals surface area (Å²) in [6.07, 6.45) is 6.31. The van der Waals surface area contributed by atoms with Gasteiger partial charge in [-0.1, -0.05) is 0 Å². The van der Waals surface area contributed by atoms with Crippen LogP contribution >= 0.6 is 0 Å². The van der Waals surface area contributed by atoms with Crippen LogP contribution in [0.15, 0.2) is 6.33 Å². The van der Waals surface area contributed by atoms with E-state index in [0.29, 0.717) is 6.04 Å². The summed E-state index contributed by atoms with van der Waals surface area (Å²) in [6, 6.07) is 0.541. The highest BCUT2D eigenvalue weighted by Crippen LogP contribution is 2.32. The highest BCUT2D eigenvalue weighted by molar-refractivity contribution is 4.98. The zero-order chi connectivity index (χ0) is 13.3. The summed E-state index contributed by atoms with van der Waals surface area (Å²) in [4.78, 5) is 2.50. The Morgan fingerprint density at radius 1 is 1.53 bits per heavy atom. The number of hydrogen-bond donors (Lipinski definition) is 2. The zero-order valence-corrected chi connectivity index (χ0v) is 11.5. The second-order valence-corrected chi connectivity index (χ2v) is 5.85. The Balaban J connectivity index is 1.70. The van der Waals surface area contributed by atoms with E-state index in [1.807, 2.05) is 13.4 Å². The van der Waals surface area contributed by atoms with Gasteiger partial charge in [-0.25, -0.2) is 0 Å². The Hall–Kier alpha value is -0.980. The first-order valence-corrected chi connectivity index (χ1v) is 7.17. The average molecular weight is 265 g/mol. The quantitative estimate of drug-likeness (QED) is 0.804. The van der Waals surface area contributed by atoms with Gasteiger partial charge in [0.05, 0.1) is 13.2 Å². The molecule has 2 atom stereocenters. The monoisotopic (exact) mass is 265 g/mol. The lowest BCUT2D eigenvalue weighted by atomic mass is 9.79. The van der Waals surface area contributed by atoms with Crippen molar-refractivity contribution in [3.05, 3.63) is 12.2 Å². The molecule has 1 aromatic heterocycles. The molecule has 19 heavy (non-hydrogen) atoms. The van der Waals surface area contributed by atoms with Gasteiger partial charge in [0, 0.05) is 24.7 Å². The van der Waals surface area contributed by atoms with Crippen LogP contribution in [0.25, 0.3) is 0 Å². The van der Waals surface area contributed by atoms with Crippen LogP contribution in [-0.4, -0.2) is 56.6 Å². The van der Waals surface area contributed by atoms with Crippen LogP contribution in [0.4, 0.5) is 0 Å². The first kappa shape index (κ1) is 13.0. The molecule has 0 spiro atoms. The number of likely N-dealkylation sites (N-methyl/N-ethyl adjacent to an activating group) is 1. The molecule has 1 aromatic rings. The predicted octanol–water partition coefficient (Wildman–Crippen LogP) is -0.0132. The van der Waals surface area contributed by atoms with Gasteiger partial charge in [-0.3, -0.25) is 4.90 Å². The lowest BCUT2D eigenvalue weighted by molar-refractivity contribution is 0.0500. The molecular formula is C13H23N5O. The van der Waals surface area contributed by atoms with Crippen molar-refractivity contribution in [2.75, 3.05) is 20.2 Å². The third kappa shape index (κ3) is 2.40. The van der Waals surface area contributed by atoms with Gasteiger partial charge in [0.15, 0.2) is 0 Å². The summed E-state index contributed by atoms with van der Waals surface area (Å²) in [7, 11) is 1.96. The fourth-order valence-corrected chi connectivity index (χ4v) is 3.49. The molecule has 106 valence electrons. The van der Waals surface area contributed by atoms with Gasteiger partial charge in [-0.15, -0.1) is 10.2 Å². The number of fused-ring (bicyclic) bond motifs is 1. The molecule has 1 fully saturated rings. The first-order valence-electron chi connectivity index (χ1n) is 7.17. The van der Waals surface area contributed by atoms with E-state index < -0.39 is 0 Å². The maximum Gasteiger partial charge on any atom is 0.147 e. The van der Waals surface area contributed by atoms with E-state index in [9.17, 15) is 5.11 Å². The van der Waals surface area contributed by atoms with Crippen LogP contribution in [0.1, 0.15) is 31.5 Å². The van der Waals surface area contributed by atoms with Gasteiger partial charge in [-0.2, -0.15) is 0 Å². The minimum Gasteiger partial charge on any atom is -0.394 e. The topological polar surface area (TPSA) is 66.2 Å². The first-order chi connectivity index (χ1) is 9.26. The molecule has 2 aliphatic rings. The number of hydrogen-bond acceptors (Lipinski definition) is 5. The van der Waals surface area contributed by atoms with E-state index in [2.05, 4.69) is 25.0 Å². The van der Waals surface area contributed by atoms with E-state index in [-0.39, 0.29) is 12.1 Å². The van der Waals surface area contributed by atoms with Crippen molar-refractivity contribution >= 4 is 0 Å². The third-order valence-corrected chi connectivity index (χ3v) is 4.84. The third-order valence-electron chi connectivity index (χ3n) is 4.84. The molecular weight excluding hydrogens is 242 g/mol. The summed E-state index contributed by atoms with van der Waals surface area (Å²) in [5, 5.41) is 21.2. The Labute approximate surface area is 113 Å². The van der Waals surface area contributed by atoms with Gasteiger partial charge in [0.25, 0.3) is 0 Å². The number of nitrogens with zero attached hydrogens (tertiary/aromatic N) is 4. The number of aliphatic hydroxyl groups is 1. The van der Waals surface area contributed by atoms with Crippen LogP contribution < -0.4 is 5.32 Å². The maximum absolute atomic E-state index is 9.67. The largest absolute Gasteiger partial charge is 0.394 e. The van der Waals surface area contributed by atoms with Crippen molar-refractivity contribution in [3.8, 4) is 0 Å². The summed E-state index contributed by atoms with van der Waals surface area (Å²) >= 11 is 0. The molecule has 1 aliphatic carbocycles. The molecule has 2 N–H and O–H groups in total. The lowest BCUT2D eigenvalue weighted by Crippen LogP contribution is -2.55. The number of aromatic nitrogens is 3. The Morgan fingerprint density at radius 3 is 3.21 bits per heavy atom. The molecule has 6 heteroatoms. The van der Waals surface area contributed by atoms with Crippen molar-refractivity contribution < 1.29 is 5.11 Å². The molecule has 2 heterocycles. The lowest BCUT2D eigenvalue weighted by Gasteiger charge is -2.44. The Morgan fingerprint density at radius 2 is 2.42 bits per heavy atom. The molecule has 2 unspecified atom stereocenters. The predicted molar refractivity (Wildman–Crippen MR) is 71.6 cm³/mol. The maximum atomic E-state index is 9.67. The number of rotatable bonds is 3. The molecule has 1 aliphatic heterocycles. The molecule has 0 radical (unpaired) electrons. The highest BCUT2D eigenvalue weighted by atomic mass is 16.3. The smallest absolute Gasteiger partial charge is 0.147 e. The minimum atomic E-state index is -0.0892. The summed E-state index contributed by atoms with van der Waals surface area (Å²) in [6.45, 7) is 3.14. The molecule has 1 saturated carbocycles. The molecule has 3 rings (SSSR count). The van der Waals surface area contributed by atoms with Gasteiger partial charge in [0.2, 0.25) is 0 Å². The molecule has 0 amide bonds. The molecule has 0 aromatic carbocycles. The second kappa shape index (κ2) is 5.19. The van der Waals surface area contributed by atoms with E-state index in [4.69, 9.17) is 0 Å². The van der Waals surface area contributed by atoms with E-state index >= 15 is 0 Å². The summed E-state index contributed by atoms with van der Waals surface area (Å²) in [5.41, 5.74) is -0.0892. The van der Waals surface area contributed by atoms with Crippen molar-refractivity contribution in [1.29, 1.82) is 0 Å². The van der Waals surface area contributed by atoms with Crippen LogP contribution in [0.5, 0.6) is 0 Å². The summed E-state index contributed by atoms with van der Waals surface area (Å²) < 4.78 is 2.14. The zero-order valence-electron chi connectivity index (χ0n) is 11.5. The number of nitrogens with one attached hydrogen (secondary N) is 1. The van der Waals surface area contributed by atoms with Gasteiger partial charge in [-0.05, 0) is 32.7 Å². The minimum absolute atomic E-state index is 0.0892. The molecule has 6 nitrogen and oxygen atoms in total. The SMILES string of the molecule is CNC1(CO)CCCC(N2CCn3cnnc3C2)C1. The van der Waals surface area contributed by atoms with Crippen LogP contribution in [0, 0.1) is 0 Å². The Kier molecular flexibility index (Phi) is 3.56. The van der Waals surface area contributed by atoms with E-state index in [1.165, 1.54) is 12.8 Å². The van der Waals surface area contributed by atoms with Gasteiger partial charge >= 0.3 is 0 Å². The van der Waals surface area contributed by atoms with Crippen molar-refractivity contribution in [2.24, 2.45) is 0 Å². The standard InChI is InChI=1S/C13H23N5O/c1-14-13(9-19)4-2-3-11(7-13)17-5-6-18-10-15-16-12(18)8-17/h10-11,14,19H,2-9H2,1H3. The number of aliphatic hydroxyl groups excluding tert-OH is 1. The van der Waals surface area contributed by atoms with Crippen LogP contribution in [0.3, 0.4) is 0 Å². The molecule has 0 saturated heterocycles. The Bertz CT molecular complexity index is 428. The average Bonchev–Trinajstić information content (AvgIpc) is 2.94. The van der Waals surface area contributed by atoms with Crippen LogP contribution in [-0.2, 0) is 13.1 Å². The van der Waals surface area contributed by atoms with Crippen molar-refractivity contribution in [2.45, 2.75) is 50.4 Å². The van der Waals surface area contributed by atoms with Gasteiger partial charge < -0.3 is 15.0 Å². The van der Waals surface area contributed by atoms with E-state index in [0.717, 1.165) is 38.3 Å². The van der Waals surface area contributed by atoms with Crippen LogP contribution in [0.2, 0.25) is 0 Å². The second-order valence-electron chi connectivity index (χ2n) is 5.85. The fourth-order valence-electron chi connectivity index (χ4n) is 3.49.